The van der Waals surface area contributed by atoms with Crippen LogP contribution >= 0.6 is 0 Å². The van der Waals surface area contributed by atoms with Crippen LogP contribution in [0.2, 0.25) is 0 Å². The van der Waals surface area contributed by atoms with Gasteiger partial charge in [0, 0.05) is 29.3 Å². The summed E-state index contributed by atoms with van der Waals surface area (Å²) >= 11 is 0. The van der Waals surface area contributed by atoms with Gasteiger partial charge >= 0.3 is 5.97 Å². The molecule has 0 unspecified atom stereocenters. The summed E-state index contributed by atoms with van der Waals surface area (Å²) in [6.45, 7) is 13.6. The minimum Gasteiger partial charge on any atom is -0.477 e. The number of hydrogen-bond acceptors (Lipinski definition) is 3. The summed E-state index contributed by atoms with van der Waals surface area (Å²) in [6.07, 6.45) is 2.05. The number of carbonyl (C=O) groups is 1. The number of aromatic nitrogens is 1. The van der Waals surface area contributed by atoms with E-state index < -0.39 is 11.4 Å². The van der Waals surface area contributed by atoms with Gasteiger partial charge in [0.1, 0.15) is 11.1 Å². The first-order valence-corrected chi connectivity index (χ1v) is 8.64. The van der Waals surface area contributed by atoms with Crippen molar-refractivity contribution in [1.29, 1.82) is 0 Å². The number of carboxylic acids is 1. The van der Waals surface area contributed by atoms with Gasteiger partial charge < -0.3 is 14.1 Å². The number of furan rings is 1. The lowest BCUT2D eigenvalue weighted by Crippen LogP contribution is -2.32. The highest BCUT2D eigenvalue weighted by atomic mass is 16.4. The molecule has 136 valence electrons. The Labute approximate surface area is 155 Å². The molecular formula is C21H18N2O4. The Morgan fingerprint density at radius 3 is 2.74 bits per heavy atom. The van der Waals surface area contributed by atoms with E-state index in [1.807, 2.05) is 16.7 Å². The Balaban J connectivity index is 2.10. The summed E-state index contributed by atoms with van der Waals surface area (Å²) in [5, 5.41) is 10.2. The van der Waals surface area contributed by atoms with Crippen LogP contribution < -0.4 is 5.43 Å². The summed E-state index contributed by atoms with van der Waals surface area (Å²) < 4.78 is 7.87. The second-order valence-corrected chi connectivity index (χ2v) is 7.91. The molecule has 27 heavy (non-hydrogen) atoms. The van der Waals surface area contributed by atoms with Gasteiger partial charge in [-0.2, -0.15) is 0 Å². The van der Waals surface area contributed by atoms with Crippen molar-refractivity contribution < 1.29 is 14.3 Å². The average molecular weight is 362 g/mol. The third-order valence-electron chi connectivity index (χ3n) is 5.19. The molecule has 0 radical (unpaired) electrons. The Hall–Kier alpha value is -3.33. The maximum atomic E-state index is 12.4. The molecule has 4 rings (SSSR count). The quantitative estimate of drug-likeness (QED) is 0.639. The molecule has 3 heterocycles. The van der Waals surface area contributed by atoms with Crippen molar-refractivity contribution in [3.8, 4) is 11.5 Å². The third kappa shape index (κ3) is 2.47. The minimum absolute atomic E-state index is 0.0592. The standard InChI is InChI=1S/C21H18N2O4/c1-21(2,3)17-8-12-11-6-5-7-14(22-4)18(11)27-19(12)15-9-16(24)13(20(25)26)10-23(15)17/h5-7,9-10,17H,8H2,1-3H3,(H,25,26)/t17-/m0/s1. The van der Waals surface area contributed by atoms with Crippen molar-refractivity contribution in [2.45, 2.75) is 33.2 Å². The van der Waals surface area contributed by atoms with Crippen LogP contribution in [0.4, 0.5) is 5.69 Å². The van der Waals surface area contributed by atoms with Gasteiger partial charge in [-0.3, -0.25) is 4.79 Å². The van der Waals surface area contributed by atoms with E-state index >= 15 is 0 Å². The summed E-state index contributed by atoms with van der Waals surface area (Å²) in [5.41, 5.74) is 1.45. The molecule has 1 aliphatic heterocycles. The fourth-order valence-electron chi connectivity index (χ4n) is 3.82. The lowest BCUT2D eigenvalue weighted by atomic mass is 9.80. The number of pyridine rings is 1. The summed E-state index contributed by atoms with van der Waals surface area (Å²) in [6, 6.07) is 6.72. The summed E-state index contributed by atoms with van der Waals surface area (Å²) in [5.74, 6) is -0.704. The van der Waals surface area contributed by atoms with Gasteiger partial charge in [-0.05, 0) is 11.8 Å². The smallest absolute Gasteiger partial charge is 0.341 e. The molecule has 0 bridgehead atoms. The first-order valence-electron chi connectivity index (χ1n) is 8.64. The lowest BCUT2D eigenvalue weighted by Gasteiger charge is -2.37. The average Bonchev–Trinajstić information content (AvgIpc) is 2.98. The van der Waals surface area contributed by atoms with Gasteiger partial charge in [-0.15, -0.1) is 0 Å². The number of fused-ring (bicyclic) bond motifs is 5. The fourth-order valence-corrected chi connectivity index (χ4v) is 3.82. The zero-order valence-corrected chi connectivity index (χ0v) is 15.2. The molecule has 1 atom stereocenters. The Bertz CT molecular complexity index is 1200. The summed E-state index contributed by atoms with van der Waals surface area (Å²) in [4.78, 5) is 27.3. The van der Waals surface area contributed by atoms with E-state index in [2.05, 4.69) is 25.6 Å². The largest absolute Gasteiger partial charge is 0.477 e. The first kappa shape index (κ1) is 17.1. The van der Waals surface area contributed by atoms with Gasteiger partial charge in [-0.25, -0.2) is 9.64 Å². The number of aromatic carboxylic acids is 1. The van der Waals surface area contributed by atoms with Crippen LogP contribution in [0.15, 0.2) is 39.7 Å². The van der Waals surface area contributed by atoms with Gasteiger partial charge in [-0.1, -0.05) is 39.0 Å². The third-order valence-corrected chi connectivity index (χ3v) is 5.19. The van der Waals surface area contributed by atoms with E-state index in [1.54, 1.807) is 6.07 Å². The van der Waals surface area contributed by atoms with Crippen LogP contribution in [0.1, 0.15) is 42.7 Å². The molecule has 0 spiro atoms. The van der Waals surface area contributed by atoms with Crippen LogP contribution in [-0.4, -0.2) is 15.6 Å². The van der Waals surface area contributed by atoms with Crippen molar-refractivity contribution in [2.24, 2.45) is 5.41 Å². The van der Waals surface area contributed by atoms with Gasteiger partial charge in [0.05, 0.1) is 12.3 Å². The molecular weight excluding hydrogens is 344 g/mol. The molecule has 0 saturated heterocycles. The second-order valence-electron chi connectivity index (χ2n) is 7.91. The number of rotatable bonds is 1. The Morgan fingerprint density at radius 2 is 2.11 bits per heavy atom. The highest BCUT2D eigenvalue weighted by molar-refractivity contribution is 5.96. The van der Waals surface area contributed by atoms with E-state index in [4.69, 9.17) is 11.0 Å². The predicted octanol–water partition coefficient (Wildman–Crippen LogP) is 4.65. The predicted molar refractivity (Wildman–Crippen MR) is 101 cm³/mol. The topological polar surface area (TPSA) is 76.8 Å². The first-order chi connectivity index (χ1) is 12.7. The van der Waals surface area contributed by atoms with E-state index in [-0.39, 0.29) is 17.0 Å². The molecule has 6 heteroatoms. The second kappa shape index (κ2) is 5.58. The number of para-hydroxylation sites is 1. The van der Waals surface area contributed by atoms with E-state index in [1.165, 1.54) is 12.3 Å². The maximum Gasteiger partial charge on any atom is 0.341 e. The zero-order valence-electron chi connectivity index (χ0n) is 15.2. The van der Waals surface area contributed by atoms with Crippen LogP contribution in [0.5, 0.6) is 0 Å². The fraction of sp³-hybridized carbons (Fsp3) is 0.286. The van der Waals surface area contributed by atoms with Crippen molar-refractivity contribution in [1.82, 2.24) is 4.57 Å². The molecule has 1 N–H and O–H groups in total. The van der Waals surface area contributed by atoms with E-state index in [0.29, 0.717) is 29.1 Å². The monoisotopic (exact) mass is 362 g/mol. The number of nitrogens with zero attached hydrogens (tertiary/aromatic N) is 2. The molecule has 0 saturated carbocycles. The maximum absolute atomic E-state index is 12.4. The molecule has 6 nitrogen and oxygen atoms in total. The van der Waals surface area contributed by atoms with Crippen LogP contribution in [0.3, 0.4) is 0 Å². The van der Waals surface area contributed by atoms with E-state index in [9.17, 15) is 14.7 Å². The van der Waals surface area contributed by atoms with Crippen molar-refractivity contribution in [3.63, 3.8) is 0 Å². The number of hydrogen-bond donors (Lipinski definition) is 1. The van der Waals surface area contributed by atoms with Gasteiger partial charge in [0.15, 0.2) is 11.2 Å². The van der Waals surface area contributed by atoms with Crippen LogP contribution in [0.25, 0.3) is 27.3 Å². The van der Waals surface area contributed by atoms with E-state index in [0.717, 1.165) is 10.9 Å². The highest BCUT2D eigenvalue weighted by Crippen LogP contribution is 2.47. The van der Waals surface area contributed by atoms with Crippen molar-refractivity contribution in [2.75, 3.05) is 0 Å². The molecule has 3 aromatic rings. The summed E-state index contributed by atoms with van der Waals surface area (Å²) in [7, 11) is 0. The Morgan fingerprint density at radius 1 is 1.37 bits per heavy atom. The number of carboxylic acid groups (broad SMARTS) is 1. The lowest BCUT2D eigenvalue weighted by molar-refractivity contribution is 0.0693. The molecule has 2 aromatic heterocycles. The Kier molecular flexibility index (Phi) is 3.54. The zero-order chi connectivity index (χ0) is 19.5. The van der Waals surface area contributed by atoms with Crippen molar-refractivity contribution in [3.05, 3.63) is 63.2 Å². The number of benzene rings is 1. The SMILES string of the molecule is [C-]#[N+]c1cccc2c3c(oc12)-c1cc(=O)c(C(=O)O)cn1[C@H](C(C)(C)C)C3. The van der Waals surface area contributed by atoms with Crippen molar-refractivity contribution >= 4 is 22.6 Å². The van der Waals surface area contributed by atoms with Crippen LogP contribution in [0, 0.1) is 12.0 Å². The molecule has 1 aliphatic rings. The highest BCUT2D eigenvalue weighted by Gasteiger charge is 2.36. The molecule has 0 fully saturated rings. The van der Waals surface area contributed by atoms with Gasteiger partial charge in [0.25, 0.3) is 0 Å². The molecule has 1 aromatic carbocycles. The van der Waals surface area contributed by atoms with Gasteiger partial charge in [0.2, 0.25) is 5.69 Å². The van der Waals surface area contributed by atoms with Crippen LogP contribution in [-0.2, 0) is 6.42 Å². The molecule has 0 aliphatic carbocycles. The normalized spacial score (nSPS) is 15.9. The molecule has 0 amide bonds. The minimum atomic E-state index is -1.24.